The predicted octanol–water partition coefficient (Wildman–Crippen LogP) is 9.62. The molecule has 6 rings (SSSR count). The van der Waals surface area contributed by atoms with Crippen LogP contribution in [0, 0.1) is 20.8 Å². The Morgan fingerprint density at radius 3 is 2.08 bits per heavy atom. The molecule has 202 valence electrons. The fraction of sp³-hybridized carbons (Fsp3) is 0.289. The van der Waals surface area contributed by atoms with E-state index in [2.05, 4.69) is 137 Å². The van der Waals surface area contributed by atoms with Gasteiger partial charge in [0.25, 0.3) is 0 Å². The standard InChI is InChI=1S/C38H40N2/c1-7-38(5,6)33-19-18-30-32(24-31(28-14-10-8-11-15-28)34(30)29-16-12-9-13-17-29)35(33)37-39-20-21-40(37)36-26(3)22-25(2)23-27(36)4/h8-23,31,34H,7,24H2,1-6H3. The maximum atomic E-state index is 5.11. The summed E-state index contributed by atoms with van der Waals surface area (Å²) in [5, 5.41) is 0. The van der Waals surface area contributed by atoms with E-state index in [-0.39, 0.29) is 5.41 Å². The van der Waals surface area contributed by atoms with Gasteiger partial charge in [0.1, 0.15) is 5.82 Å². The van der Waals surface area contributed by atoms with Crippen LogP contribution in [0.4, 0.5) is 0 Å². The average molecular weight is 525 g/mol. The molecule has 0 fully saturated rings. The van der Waals surface area contributed by atoms with Crippen LogP contribution in [0.3, 0.4) is 0 Å². The van der Waals surface area contributed by atoms with E-state index >= 15 is 0 Å². The monoisotopic (exact) mass is 524 g/mol. The zero-order valence-corrected chi connectivity index (χ0v) is 24.7. The zero-order chi connectivity index (χ0) is 28.0. The fourth-order valence-electron chi connectivity index (χ4n) is 7.04. The highest BCUT2D eigenvalue weighted by Gasteiger charge is 2.39. The molecular weight excluding hydrogens is 484 g/mol. The summed E-state index contributed by atoms with van der Waals surface area (Å²) in [6.07, 6.45) is 6.20. The molecule has 2 atom stereocenters. The lowest BCUT2D eigenvalue weighted by Crippen LogP contribution is -2.19. The van der Waals surface area contributed by atoms with Gasteiger partial charge in [-0.15, -0.1) is 0 Å². The van der Waals surface area contributed by atoms with Crippen molar-refractivity contribution in [3.05, 3.63) is 142 Å². The number of fused-ring (bicyclic) bond motifs is 1. The molecular formula is C38H40N2. The molecule has 1 heterocycles. The first-order valence-corrected chi connectivity index (χ1v) is 14.7. The van der Waals surface area contributed by atoms with Crippen molar-refractivity contribution in [3.63, 3.8) is 0 Å². The molecule has 2 unspecified atom stereocenters. The van der Waals surface area contributed by atoms with Crippen molar-refractivity contribution < 1.29 is 0 Å². The summed E-state index contributed by atoms with van der Waals surface area (Å²) in [5.41, 5.74) is 13.5. The lowest BCUT2D eigenvalue weighted by atomic mass is 9.77. The predicted molar refractivity (Wildman–Crippen MR) is 168 cm³/mol. The summed E-state index contributed by atoms with van der Waals surface area (Å²) in [6, 6.07) is 31.6. The molecule has 0 N–H and O–H groups in total. The molecule has 1 aliphatic rings. The fourth-order valence-corrected chi connectivity index (χ4v) is 7.04. The lowest BCUT2D eigenvalue weighted by molar-refractivity contribution is 0.507. The van der Waals surface area contributed by atoms with Gasteiger partial charge in [0.2, 0.25) is 0 Å². The molecule has 0 radical (unpaired) electrons. The van der Waals surface area contributed by atoms with Crippen LogP contribution >= 0.6 is 0 Å². The highest BCUT2D eigenvalue weighted by Crippen LogP contribution is 2.52. The van der Waals surface area contributed by atoms with E-state index in [4.69, 9.17) is 4.98 Å². The molecule has 0 spiro atoms. The van der Waals surface area contributed by atoms with Gasteiger partial charge in [-0.3, -0.25) is 4.57 Å². The Bertz CT molecular complexity index is 1630. The number of rotatable bonds is 6. The van der Waals surface area contributed by atoms with E-state index in [1.165, 1.54) is 55.8 Å². The summed E-state index contributed by atoms with van der Waals surface area (Å²) in [5.74, 6) is 1.75. The topological polar surface area (TPSA) is 17.8 Å². The van der Waals surface area contributed by atoms with Crippen molar-refractivity contribution in [1.29, 1.82) is 0 Å². The molecule has 40 heavy (non-hydrogen) atoms. The van der Waals surface area contributed by atoms with Crippen LogP contribution in [0.1, 0.15) is 83.5 Å². The van der Waals surface area contributed by atoms with Gasteiger partial charge in [-0.2, -0.15) is 0 Å². The Morgan fingerprint density at radius 1 is 0.825 bits per heavy atom. The number of aromatic nitrogens is 2. The molecule has 0 saturated heterocycles. The first-order valence-electron chi connectivity index (χ1n) is 14.7. The van der Waals surface area contributed by atoms with Crippen LogP contribution in [0.15, 0.2) is 97.3 Å². The average Bonchev–Trinajstić information content (AvgIpc) is 3.58. The second-order valence-electron chi connectivity index (χ2n) is 12.3. The van der Waals surface area contributed by atoms with Gasteiger partial charge in [0.15, 0.2) is 0 Å². The Hall–Kier alpha value is -3.91. The van der Waals surface area contributed by atoms with Gasteiger partial charge >= 0.3 is 0 Å². The largest absolute Gasteiger partial charge is 0.299 e. The molecule has 2 heteroatoms. The summed E-state index contributed by atoms with van der Waals surface area (Å²) >= 11 is 0. The number of nitrogens with zero attached hydrogens (tertiary/aromatic N) is 2. The second kappa shape index (κ2) is 10.2. The van der Waals surface area contributed by atoms with E-state index in [9.17, 15) is 0 Å². The lowest BCUT2D eigenvalue weighted by Gasteiger charge is -2.29. The maximum Gasteiger partial charge on any atom is 0.145 e. The molecule has 5 aromatic rings. The van der Waals surface area contributed by atoms with Gasteiger partial charge in [-0.05, 0) is 83.9 Å². The van der Waals surface area contributed by atoms with Gasteiger partial charge in [-0.25, -0.2) is 4.98 Å². The third-order valence-electron chi connectivity index (χ3n) is 9.25. The first-order chi connectivity index (χ1) is 19.3. The van der Waals surface area contributed by atoms with Crippen molar-refractivity contribution in [1.82, 2.24) is 9.55 Å². The van der Waals surface area contributed by atoms with E-state index in [0.717, 1.165) is 18.7 Å². The minimum absolute atomic E-state index is 0.0194. The third-order valence-corrected chi connectivity index (χ3v) is 9.25. The van der Waals surface area contributed by atoms with Crippen molar-refractivity contribution >= 4 is 0 Å². The van der Waals surface area contributed by atoms with E-state index < -0.39 is 0 Å². The molecule has 0 bridgehead atoms. The van der Waals surface area contributed by atoms with E-state index in [1.54, 1.807) is 0 Å². The maximum absolute atomic E-state index is 5.11. The van der Waals surface area contributed by atoms with Crippen LogP contribution < -0.4 is 0 Å². The third kappa shape index (κ3) is 4.40. The molecule has 0 amide bonds. The number of hydrogen-bond acceptors (Lipinski definition) is 1. The Labute approximate surface area is 239 Å². The number of aryl methyl sites for hydroxylation is 3. The number of imidazole rings is 1. The van der Waals surface area contributed by atoms with Gasteiger partial charge in [-0.1, -0.05) is 111 Å². The number of benzene rings is 4. The van der Waals surface area contributed by atoms with Crippen molar-refractivity contribution in [2.45, 2.75) is 71.6 Å². The van der Waals surface area contributed by atoms with Crippen molar-refractivity contribution in [3.8, 4) is 17.1 Å². The highest BCUT2D eigenvalue weighted by molar-refractivity contribution is 5.74. The molecule has 2 nitrogen and oxygen atoms in total. The van der Waals surface area contributed by atoms with Gasteiger partial charge in [0.05, 0.1) is 5.69 Å². The first kappa shape index (κ1) is 26.3. The van der Waals surface area contributed by atoms with Crippen LogP contribution in [-0.2, 0) is 11.8 Å². The minimum Gasteiger partial charge on any atom is -0.299 e. The SMILES string of the molecule is CCC(C)(C)c1ccc2c(c1-c1nccn1-c1c(C)cc(C)cc1C)CC(c1ccccc1)C2c1ccccc1. The molecule has 0 aliphatic heterocycles. The summed E-state index contributed by atoms with van der Waals surface area (Å²) in [7, 11) is 0. The Morgan fingerprint density at radius 2 is 1.45 bits per heavy atom. The van der Waals surface area contributed by atoms with E-state index in [1.807, 2.05) is 6.20 Å². The minimum atomic E-state index is 0.0194. The molecule has 1 aliphatic carbocycles. The number of hydrogen-bond donors (Lipinski definition) is 0. The summed E-state index contributed by atoms with van der Waals surface area (Å²) in [6.45, 7) is 13.7. The molecule has 1 aromatic heterocycles. The van der Waals surface area contributed by atoms with E-state index in [0.29, 0.717) is 11.8 Å². The van der Waals surface area contributed by atoms with Crippen LogP contribution in [-0.4, -0.2) is 9.55 Å². The van der Waals surface area contributed by atoms with Crippen LogP contribution in [0.25, 0.3) is 17.1 Å². The zero-order valence-electron chi connectivity index (χ0n) is 24.7. The second-order valence-corrected chi connectivity index (χ2v) is 12.3. The quantitative estimate of drug-likeness (QED) is 0.216. The molecule has 0 saturated carbocycles. The smallest absolute Gasteiger partial charge is 0.145 e. The van der Waals surface area contributed by atoms with Crippen molar-refractivity contribution in [2.24, 2.45) is 0 Å². The highest BCUT2D eigenvalue weighted by atomic mass is 15.1. The van der Waals surface area contributed by atoms with Crippen LogP contribution in [0.5, 0.6) is 0 Å². The van der Waals surface area contributed by atoms with Crippen molar-refractivity contribution in [2.75, 3.05) is 0 Å². The van der Waals surface area contributed by atoms with Gasteiger partial charge < -0.3 is 0 Å². The Balaban J connectivity index is 1.64. The molecule has 4 aromatic carbocycles. The van der Waals surface area contributed by atoms with Crippen LogP contribution in [0.2, 0.25) is 0 Å². The van der Waals surface area contributed by atoms with Gasteiger partial charge in [0, 0.05) is 23.9 Å². The summed E-state index contributed by atoms with van der Waals surface area (Å²) in [4.78, 5) is 5.11. The Kier molecular flexibility index (Phi) is 6.74. The summed E-state index contributed by atoms with van der Waals surface area (Å²) < 4.78 is 2.35. The normalized spacial score (nSPS) is 16.8.